The maximum Gasteiger partial charge on any atom is 0.258 e. The summed E-state index contributed by atoms with van der Waals surface area (Å²) in [4.78, 5) is 11.4. The van der Waals surface area contributed by atoms with E-state index in [1.807, 2.05) is 0 Å². The standard InChI is InChI=1S/C12H15F2NO4/c1-17-12(18-2)6-15-11(16)7-19-10-4-8(13)3-9(14)5-10/h3-5,12H,6-7H2,1-2H3,(H,15,16). The van der Waals surface area contributed by atoms with Gasteiger partial charge in [0.25, 0.3) is 5.91 Å². The average Bonchev–Trinajstić information content (AvgIpc) is 2.36. The number of rotatable bonds is 7. The van der Waals surface area contributed by atoms with Gasteiger partial charge in [-0.1, -0.05) is 0 Å². The molecule has 106 valence electrons. The van der Waals surface area contributed by atoms with Crippen LogP contribution >= 0.6 is 0 Å². The van der Waals surface area contributed by atoms with E-state index in [1.165, 1.54) is 14.2 Å². The zero-order valence-corrected chi connectivity index (χ0v) is 10.6. The minimum atomic E-state index is -0.769. The van der Waals surface area contributed by atoms with Crippen LogP contribution in [0.5, 0.6) is 5.75 Å². The molecule has 0 saturated carbocycles. The highest BCUT2D eigenvalue weighted by Gasteiger charge is 2.09. The molecule has 1 aromatic rings. The summed E-state index contributed by atoms with van der Waals surface area (Å²) in [6.07, 6.45) is -0.560. The molecule has 0 aliphatic carbocycles. The molecule has 1 amide bonds. The third-order valence-corrected chi connectivity index (χ3v) is 2.20. The first-order chi connectivity index (χ1) is 9.05. The normalized spacial score (nSPS) is 10.6. The van der Waals surface area contributed by atoms with Crippen LogP contribution in [-0.2, 0) is 14.3 Å². The number of nitrogens with one attached hydrogen (secondary N) is 1. The Labute approximate surface area is 109 Å². The van der Waals surface area contributed by atoms with Crippen molar-refractivity contribution >= 4 is 5.91 Å². The second-order valence-corrected chi connectivity index (χ2v) is 3.60. The summed E-state index contributed by atoms with van der Waals surface area (Å²) in [5, 5.41) is 2.48. The van der Waals surface area contributed by atoms with Crippen molar-refractivity contribution < 1.29 is 27.8 Å². The van der Waals surface area contributed by atoms with E-state index in [2.05, 4.69) is 5.32 Å². The van der Waals surface area contributed by atoms with Crippen molar-refractivity contribution in [1.82, 2.24) is 5.32 Å². The Bertz CT molecular complexity index is 404. The zero-order chi connectivity index (χ0) is 14.3. The topological polar surface area (TPSA) is 56.8 Å². The van der Waals surface area contributed by atoms with Crippen LogP contribution in [0.25, 0.3) is 0 Å². The number of carbonyl (C=O) groups excluding carboxylic acids is 1. The summed E-state index contributed by atoms with van der Waals surface area (Å²) < 4.78 is 40.4. The quantitative estimate of drug-likeness (QED) is 0.756. The molecule has 0 saturated heterocycles. The van der Waals surface area contributed by atoms with E-state index in [4.69, 9.17) is 14.2 Å². The molecule has 0 unspecified atom stereocenters. The van der Waals surface area contributed by atoms with Crippen molar-refractivity contribution in [1.29, 1.82) is 0 Å². The smallest absolute Gasteiger partial charge is 0.258 e. The van der Waals surface area contributed by atoms with Crippen LogP contribution in [0.2, 0.25) is 0 Å². The van der Waals surface area contributed by atoms with Crippen molar-refractivity contribution in [2.24, 2.45) is 0 Å². The summed E-state index contributed by atoms with van der Waals surface area (Å²) in [6.45, 7) is -0.213. The predicted molar refractivity (Wildman–Crippen MR) is 62.7 cm³/mol. The van der Waals surface area contributed by atoms with E-state index in [1.54, 1.807) is 0 Å². The Morgan fingerprint density at radius 1 is 1.21 bits per heavy atom. The number of ether oxygens (including phenoxy) is 3. The van der Waals surface area contributed by atoms with Crippen molar-refractivity contribution in [3.8, 4) is 5.75 Å². The summed E-state index contributed by atoms with van der Waals surface area (Å²) in [7, 11) is 2.87. The molecule has 0 aliphatic heterocycles. The van der Waals surface area contributed by atoms with Crippen LogP contribution in [0.1, 0.15) is 0 Å². The molecule has 0 aliphatic rings. The number of benzene rings is 1. The Hall–Kier alpha value is -1.73. The Balaban J connectivity index is 2.37. The van der Waals surface area contributed by atoms with Crippen molar-refractivity contribution in [3.05, 3.63) is 29.8 Å². The van der Waals surface area contributed by atoms with E-state index in [0.717, 1.165) is 12.1 Å². The molecule has 5 nitrogen and oxygen atoms in total. The van der Waals surface area contributed by atoms with E-state index in [0.29, 0.717) is 6.07 Å². The van der Waals surface area contributed by atoms with Gasteiger partial charge in [0, 0.05) is 32.4 Å². The van der Waals surface area contributed by atoms with Gasteiger partial charge in [0.1, 0.15) is 17.4 Å². The van der Waals surface area contributed by atoms with Gasteiger partial charge in [-0.15, -0.1) is 0 Å². The van der Waals surface area contributed by atoms with Crippen LogP contribution in [0.4, 0.5) is 8.78 Å². The van der Waals surface area contributed by atoms with Gasteiger partial charge >= 0.3 is 0 Å². The second kappa shape index (κ2) is 7.65. The average molecular weight is 275 g/mol. The first kappa shape index (κ1) is 15.3. The molecule has 0 fully saturated rings. The Morgan fingerprint density at radius 3 is 2.32 bits per heavy atom. The van der Waals surface area contributed by atoms with Crippen molar-refractivity contribution in [2.45, 2.75) is 6.29 Å². The van der Waals surface area contributed by atoms with Gasteiger partial charge in [0.2, 0.25) is 0 Å². The number of methoxy groups -OCH3 is 2. The third-order valence-electron chi connectivity index (χ3n) is 2.20. The fourth-order valence-electron chi connectivity index (χ4n) is 1.27. The van der Waals surface area contributed by atoms with Crippen molar-refractivity contribution in [3.63, 3.8) is 0 Å². The lowest BCUT2D eigenvalue weighted by molar-refractivity contribution is -0.129. The number of hydrogen-bond donors (Lipinski definition) is 1. The summed E-state index contributed by atoms with van der Waals surface area (Å²) in [5.41, 5.74) is 0. The van der Waals surface area contributed by atoms with Crippen LogP contribution in [-0.4, -0.2) is 39.6 Å². The lowest BCUT2D eigenvalue weighted by Gasteiger charge is -2.14. The molecule has 0 aromatic heterocycles. The fraction of sp³-hybridized carbons (Fsp3) is 0.417. The first-order valence-electron chi connectivity index (χ1n) is 5.46. The SMILES string of the molecule is COC(CNC(=O)COc1cc(F)cc(F)c1)OC. The molecule has 1 N–H and O–H groups in total. The number of carbonyl (C=O) groups is 1. The van der Waals surface area contributed by atoms with Crippen molar-refractivity contribution in [2.75, 3.05) is 27.4 Å². The van der Waals surface area contributed by atoms with Gasteiger partial charge in [-0.3, -0.25) is 4.79 Å². The van der Waals surface area contributed by atoms with Gasteiger partial charge in [-0.25, -0.2) is 8.78 Å². The highest BCUT2D eigenvalue weighted by molar-refractivity contribution is 5.77. The minimum absolute atomic E-state index is 0.0531. The van der Waals surface area contributed by atoms with E-state index < -0.39 is 23.8 Å². The van der Waals surface area contributed by atoms with Crippen LogP contribution < -0.4 is 10.1 Å². The molecule has 0 bridgehead atoms. The van der Waals surface area contributed by atoms with Gasteiger partial charge in [-0.05, 0) is 0 Å². The van der Waals surface area contributed by atoms with Gasteiger partial charge in [0.15, 0.2) is 12.9 Å². The van der Waals surface area contributed by atoms with E-state index >= 15 is 0 Å². The molecular weight excluding hydrogens is 260 g/mol. The minimum Gasteiger partial charge on any atom is -0.484 e. The van der Waals surface area contributed by atoms with E-state index in [-0.39, 0.29) is 18.9 Å². The molecule has 0 heterocycles. The van der Waals surface area contributed by atoms with Crippen LogP contribution in [0.3, 0.4) is 0 Å². The number of amides is 1. The fourth-order valence-corrected chi connectivity index (χ4v) is 1.27. The third kappa shape index (κ3) is 5.62. The number of halogens is 2. The van der Waals surface area contributed by atoms with Crippen LogP contribution in [0.15, 0.2) is 18.2 Å². The van der Waals surface area contributed by atoms with E-state index in [9.17, 15) is 13.6 Å². The molecule has 0 atom stereocenters. The lowest BCUT2D eigenvalue weighted by atomic mass is 10.3. The van der Waals surface area contributed by atoms with Gasteiger partial charge in [0.05, 0.1) is 6.54 Å². The Morgan fingerprint density at radius 2 is 1.79 bits per heavy atom. The molecule has 1 rings (SSSR count). The predicted octanol–water partition coefficient (Wildman–Crippen LogP) is 1.08. The maximum absolute atomic E-state index is 12.8. The first-order valence-corrected chi connectivity index (χ1v) is 5.46. The monoisotopic (exact) mass is 275 g/mol. The molecule has 19 heavy (non-hydrogen) atoms. The summed E-state index contributed by atoms with van der Waals surface area (Å²) in [5.74, 6) is -2.05. The number of hydrogen-bond acceptors (Lipinski definition) is 4. The largest absolute Gasteiger partial charge is 0.484 e. The highest BCUT2D eigenvalue weighted by atomic mass is 19.1. The highest BCUT2D eigenvalue weighted by Crippen LogP contribution is 2.14. The molecular formula is C12H15F2NO4. The summed E-state index contributed by atoms with van der Waals surface area (Å²) >= 11 is 0. The molecule has 7 heteroatoms. The summed E-state index contributed by atoms with van der Waals surface area (Å²) in [6, 6.07) is 2.70. The molecule has 1 aromatic carbocycles. The second-order valence-electron chi connectivity index (χ2n) is 3.60. The molecule has 0 radical (unpaired) electrons. The molecule has 0 spiro atoms. The van der Waals surface area contributed by atoms with Crippen LogP contribution in [0, 0.1) is 11.6 Å². The van der Waals surface area contributed by atoms with Gasteiger partial charge in [-0.2, -0.15) is 0 Å². The van der Waals surface area contributed by atoms with Gasteiger partial charge < -0.3 is 19.5 Å². The lowest BCUT2D eigenvalue weighted by Crippen LogP contribution is -2.36. The maximum atomic E-state index is 12.8. The Kier molecular flexibility index (Phi) is 6.17. The zero-order valence-electron chi connectivity index (χ0n) is 10.6.